The predicted molar refractivity (Wildman–Crippen MR) is 33.8 cm³/mol. The third kappa shape index (κ3) is 1.25. The summed E-state index contributed by atoms with van der Waals surface area (Å²) in [5.74, 6) is -0.0279. The molecule has 1 heterocycles. The van der Waals surface area contributed by atoms with Gasteiger partial charge in [-0.25, -0.2) is 9.97 Å². The Hall–Kier alpha value is -1.38. The molecule has 0 saturated carbocycles. The molecule has 1 rings (SSSR count). The number of rotatable bonds is 1. The van der Waals surface area contributed by atoms with Crippen LogP contribution in [0.4, 0.5) is 0 Å². The van der Waals surface area contributed by atoms with Crippen molar-refractivity contribution >= 4 is 6.08 Å². The average Bonchev–Trinajstić information content (AvgIpc) is 1.88. The van der Waals surface area contributed by atoms with E-state index in [4.69, 9.17) is 5.11 Å². The van der Waals surface area contributed by atoms with Gasteiger partial charge in [-0.15, -0.1) is 0 Å². The molecule has 46 valence electrons. The Morgan fingerprint density at radius 3 is 2.78 bits per heavy atom. The Bertz CT molecular complexity index is 222. The van der Waals surface area contributed by atoms with Crippen LogP contribution in [-0.2, 0) is 0 Å². The minimum Gasteiger partial charge on any atom is -0.493 e. The summed E-state index contributed by atoms with van der Waals surface area (Å²) < 4.78 is 0. The Morgan fingerprint density at radius 2 is 2.33 bits per heavy atom. The summed E-state index contributed by atoms with van der Waals surface area (Å²) in [5, 5.41) is 8.75. The molecule has 3 heteroatoms. The van der Waals surface area contributed by atoms with E-state index in [1.165, 1.54) is 12.4 Å². The standard InChI is InChI=1S/C6H6N2O/c1-2-5-3-6(9)8-4-7-5/h2-4H,1H2,(H,7,8,9). The molecular weight excluding hydrogens is 116 g/mol. The van der Waals surface area contributed by atoms with Crippen LogP contribution in [0.25, 0.3) is 6.08 Å². The molecule has 0 aliphatic rings. The van der Waals surface area contributed by atoms with Gasteiger partial charge in [0.05, 0.1) is 5.69 Å². The van der Waals surface area contributed by atoms with E-state index in [1.54, 1.807) is 6.08 Å². The molecule has 1 aromatic rings. The van der Waals surface area contributed by atoms with Crippen LogP contribution in [0.1, 0.15) is 5.69 Å². The largest absolute Gasteiger partial charge is 0.493 e. The summed E-state index contributed by atoms with van der Waals surface area (Å²) in [6, 6.07) is 1.44. The first kappa shape index (κ1) is 5.75. The summed E-state index contributed by atoms with van der Waals surface area (Å²) in [6.45, 7) is 3.47. The molecule has 0 spiro atoms. The molecule has 0 fully saturated rings. The van der Waals surface area contributed by atoms with Gasteiger partial charge < -0.3 is 5.11 Å². The lowest BCUT2D eigenvalue weighted by Crippen LogP contribution is -1.80. The van der Waals surface area contributed by atoms with E-state index in [-0.39, 0.29) is 5.88 Å². The first-order chi connectivity index (χ1) is 4.33. The third-order valence-electron chi connectivity index (χ3n) is 0.883. The molecule has 9 heavy (non-hydrogen) atoms. The number of hydrogen-bond donors (Lipinski definition) is 1. The van der Waals surface area contributed by atoms with Gasteiger partial charge in [0.2, 0.25) is 5.88 Å². The van der Waals surface area contributed by atoms with E-state index in [0.717, 1.165) is 0 Å². The zero-order chi connectivity index (χ0) is 6.69. The Balaban J connectivity index is 3.07. The van der Waals surface area contributed by atoms with Gasteiger partial charge in [0.25, 0.3) is 0 Å². The molecule has 0 radical (unpaired) electrons. The van der Waals surface area contributed by atoms with E-state index in [2.05, 4.69) is 16.5 Å². The van der Waals surface area contributed by atoms with Crippen LogP contribution in [0, 0.1) is 0 Å². The van der Waals surface area contributed by atoms with Crippen LogP contribution in [0.3, 0.4) is 0 Å². The van der Waals surface area contributed by atoms with E-state index >= 15 is 0 Å². The summed E-state index contributed by atoms with van der Waals surface area (Å²) in [4.78, 5) is 7.25. The van der Waals surface area contributed by atoms with Gasteiger partial charge in [-0.3, -0.25) is 0 Å². The molecule has 0 unspecified atom stereocenters. The molecule has 0 aliphatic carbocycles. The average molecular weight is 122 g/mol. The van der Waals surface area contributed by atoms with Crippen LogP contribution < -0.4 is 0 Å². The van der Waals surface area contributed by atoms with Crippen LogP contribution in [0.2, 0.25) is 0 Å². The number of hydrogen-bond acceptors (Lipinski definition) is 3. The summed E-state index contributed by atoms with van der Waals surface area (Å²) >= 11 is 0. The fraction of sp³-hybridized carbons (Fsp3) is 0. The molecule has 0 aliphatic heterocycles. The smallest absolute Gasteiger partial charge is 0.214 e. The third-order valence-corrected chi connectivity index (χ3v) is 0.883. The van der Waals surface area contributed by atoms with Crippen LogP contribution >= 0.6 is 0 Å². The SMILES string of the molecule is C=Cc1cc(O)ncn1. The topological polar surface area (TPSA) is 46.0 Å². The first-order valence-electron chi connectivity index (χ1n) is 2.46. The molecule has 1 aromatic heterocycles. The highest BCUT2D eigenvalue weighted by atomic mass is 16.3. The van der Waals surface area contributed by atoms with Crippen molar-refractivity contribution in [2.75, 3.05) is 0 Å². The molecular formula is C6H6N2O. The second-order valence-corrected chi connectivity index (χ2v) is 1.51. The zero-order valence-electron chi connectivity index (χ0n) is 4.78. The van der Waals surface area contributed by atoms with Crippen molar-refractivity contribution in [2.24, 2.45) is 0 Å². The van der Waals surface area contributed by atoms with Gasteiger partial charge in [-0.1, -0.05) is 6.58 Å². The van der Waals surface area contributed by atoms with Gasteiger partial charge in [-0.05, 0) is 6.08 Å². The van der Waals surface area contributed by atoms with Gasteiger partial charge >= 0.3 is 0 Å². The van der Waals surface area contributed by atoms with Gasteiger partial charge in [0, 0.05) is 6.07 Å². The second kappa shape index (κ2) is 2.26. The van der Waals surface area contributed by atoms with Crippen molar-refractivity contribution in [3.8, 4) is 5.88 Å². The lowest BCUT2D eigenvalue weighted by atomic mass is 10.4. The number of aromatic hydroxyl groups is 1. The van der Waals surface area contributed by atoms with E-state index in [9.17, 15) is 0 Å². The van der Waals surface area contributed by atoms with E-state index < -0.39 is 0 Å². The molecule has 0 amide bonds. The molecule has 0 atom stereocenters. The highest BCUT2D eigenvalue weighted by Gasteiger charge is 1.88. The maximum atomic E-state index is 8.75. The van der Waals surface area contributed by atoms with Crippen LogP contribution in [0.15, 0.2) is 19.0 Å². The minimum atomic E-state index is -0.0279. The summed E-state index contributed by atoms with van der Waals surface area (Å²) in [6.07, 6.45) is 2.83. The first-order valence-corrected chi connectivity index (χ1v) is 2.46. The Kier molecular flexibility index (Phi) is 1.44. The summed E-state index contributed by atoms with van der Waals surface area (Å²) in [7, 11) is 0. The molecule has 3 nitrogen and oxygen atoms in total. The highest BCUT2D eigenvalue weighted by molar-refractivity contribution is 5.41. The monoisotopic (exact) mass is 122 g/mol. The lowest BCUT2D eigenvalue weighted by Gasteiger charge is -1.89. The second-order valence-electron chi connectivity index (χ2n) is 1.51. The molecule has 0 aromatic carbocycles. The van der Waals surface area contributed by atoms with Gasteiger partial charge in [0.1, 0.15) is 6.33 Å². The highest BCUT2D eigenvalue weighted by Crippen LogP contribution is 2.03. The van der Waals surface area contributed by atoms with E-state index in [0.29, 0.717) is 5.69 Å². The predicted octanol–water partition coefficient (Wildman–Crippen LogP) is 0.825. The maximum absolute atomic E-state index is 8.75. The molecule has 0 saturated heterocycles. The molecule has 1 N–H and O–H groups in total. The van der Waals surface area contributed by atoms with Crippen molar-refractivity contribution < 1.29 is 5.11 Å². The van der Waals surface area contributed by atoms with E-state index in [1.807, 2.05) is 0 Å². The Labute approximate surface area is 52.7 Å². The molecule has 0 bridgehead atoms. The van der Waals surface area contributed by atoms with Gasteiger partial charge in [-0.2, -0.15) is 0 Å². The van der Waals surface area contributed by atoms with Crippen molar-refractivity contribution in [1.29, 1.82) is 0 Å². The lowest BCUT2D eigenvalue weighted by molar-refractivity contribution is 0.451. The Morgan fingerprint density at radius 1 is 1.56 bits per heavy atom. The van der Waals surface area contributed by atoms with Crippen molar-refractivity contribution in [1.82, 2.24) is 9.97 Å². The van der Waals surface area contributed by atoms with Crippen molar-refractivity contribution in [2.45, 2.75) is 0 Å². The normalized spacial score (nSPS) is 8.89. The zero-order valence-corrected chi connectivity index (χ0v) is 4.78. The minimum absolute atomic E-state index is 0.0279. The van der Waals surface area contributed by atoms with Crippen molar-refractivity contribution in [3.05, 3.63) is 24.7 Å². The van der Waals surface area contributed by atoms with Crippen LogP contribution in [0.5, 0.6) is 5.88 Å². The van der Waals surface area contributed by atoms with Crippen molar-refractivity contribution in [3.63, 3.8) is 0 Å². The number of nitrogens with zero attached hydrogens (tertiary/aromatic N) is 2. The fourth-order valence-electron chi connectivity index (χ4n) is 0.473. The van der Waals surface area contributed by atoms with Gasteiger partial charge in [0.15, 0.2) is 0 Å². The number of aromatic nitrogens is 2. The quantitative estimate of drug-likeness (QED) is 0.600. The van der Waals surface area contributed by atoms with Crippen LogP contribution in [-0.4, -0.2) is 15.1 Å². The summed E-state index contributed by atoms with van der Waals surface area (Å²) in [5.41, 5.74) is 0.627. The fourth-order valence-corrected chi connectivity index (χ4v) is 0.473. The maximum Gasteiger partial charge on any atom is 0.214 e.